The van der Waals surface area contributed by atoms with E-state index >= 15 is 0 Å². The van der Waals surface area contributed by atoms with Crippen LogP contribution < -0.4 is 4.90 Å². The maximum atomic E-state index is 13.4. The van der Waals surface area contributed by atoms with Crippen LogP contribution in [0.5, 0.6) is 0 Å². The Labute approximate surface area is 208 Å². The largest absolute Gasteiger partial charge is 0.378 e. The molecule has 3 fully saturated rings. The number of nitrogens with zero attached hydrogens (tertiary/aromatic N) is 7. The summed E-state index contributed by atoms with van der Waals surface area (Å²) in [6, 6.07) is 14.0. The van der Waals surface area contributed by atoms with E-state index in [2.05, 4.69) is 30.0 Å². The SMILES string of the molecule is Cc1cccc(-c2ccn(-c3cc(N4CCOCC4)n4nc(C(=O)N5CCC56COC6)cc4n3)n2)c1. The number of aromatic nitrogens is 5. The van der Waals surface area contributed by atoms with E-state index in [1.54, 1.807) is 15.3 Å². The van der Waals surface area contributed by atoms with Crippen molar-refractivity contribution >= 4 is 17.4 Å². The highest BCUT2D eigenvalue weighted by atomic mass is 16.5. The van der Waals surface area contributed by atoms with Gasteiger partial charge in [0.2, 0.25) is 0 Å². The molecule has 10 heteroatoms. The van der Waals surface area contributed by atoms with Gasteiger partial charge >= 0.3 is 0 Å². The number of rotatable bonds is 4. The lowest BCUT2D eigenvalue weighted by atomic mass is 9.82. The van der Waals surface area contributed by atoms with Crippen molar-refractivity contribution in [3.05, 3.63) is 59.9 Å². The first-order valence-electron chi connectivity index (χ1n) is 12.4. The molecule has 0 aliphatic carbocycles. The standard InChI is InChI=1S/C26H27N7O3/c1-18-3-2-4-19(13-18)20-5-7-32(28-20)22-15-24(30-9-11-35-12-10-30)33-23(27-22)14-21(29-33)25(34)31-8-6-26(31)16-36-17-26/h2-5,7,13-15H,6,8-12,16-17H2,1H3. The van der Waals surface area contributed by atoms with Gasteiger partial charge in [0.25, 0.3) is 5.91 Å². The molecule has 3 saturated heterocycles. The van der Waals surface area contributed by atoms with Crippen molar-refractivity contribution in [2.75, 3.05) is 51.0 Å². The molecule has 0 radical (unpaired) electrons. The Kier molecular flexibility index (Phi) is 4.87. The molecule has 0 bridgehead atoms. The molecule has 184 valence electrons. The number of amides is 1. The molecule has 1 spiro atoms. The number of anilines is 1. The van der Waals surface area contributed by atoms with Gasteiger partial charge in [-0.05, 0) is 25.5 Å². The van der Waals surface area contributed by atoms with E-state index in [9.17, 15) is 4.79 Å². The van der Waals surface area contributed by atoms with Crippen LogP contribution >= 0.6 is 0 Å². The molecule has 36 heavy (non-hydrogen) atoms. The number of ether oxygens (including phenoxy) is 2. The van der Waals surface area contributed by atoms with E-state index in [0.29, 0.717) is 43.6 Å². The molecule has 0 N–H and O–H groups in total. The van der Waals surface area contributed by atoms with Gasteiger partial charge in [0.05, 0.1) is 37.7 Å². The molecule has 7 rings (SSSR count). The summed E-state index contributed by atoms with van der Waals surface area (Å²) < 4.78 is 14.5. The van der Waals surface area contributed by atoms with E-state index < -0.39 is 0 Å². The number of morpholine rings is 1. The summed E-state index contributed by atoms with van der Waals surface area (Å²) in [5.41, 5.74) is 4.00. The smallest absolute Gasteiger partial charge is 0.275 e. The molecule has 4 aromatic rings. The van der Waals surface area contributed by atoms with Crippen LogP contribution in [0.15, 0.2) is 48.7 Å². The van der Waals surface area contributed by atoms with Crippen LogP contribution in [-0.2, 0) is 9.47 Å². The second-order valence-electron chi connectivity index (χ2n) is 9.81. The predicted molar refractivity (Wildman–Crippen MR) is 133 cm³/mol. The number of hydrogen-bond acceptors (Lipinski definition) is 7. The van der Waals surface area contributed by atoms with Gasteiger partial charge in [-0.1, -0.05) is 23.8 Å². The fraction of sp³-hybridized carbons (Fsp3) is 0.385. The third kappa shape index (κ3) is 3.40. The van der Waals surface area contributed by atoms with Crippen molar-refractivity contribution in [2.45, 2.75) is 18.9 Å². The number of carbonyl (C=O) groups is 1. The van der Waals surface area contributed by atoms with Crippen LogP contribution in [0.4, 0.5) is 5.82 Å². The maximum Gasteiger partial charge on any atom is 0.275 e. The molecule has 3 aliphatic heterocycles. The highest BCUT2D eigenvalue weighted by molar-refractivity contribution is 5.94. The predicted octanol–water partition coefficient (Wildman–Crippen LogP) is 2.34. The first kappa shape index (κ1) is 21.5. The molecule has 0 saturated carbocycles. The second kappa shape index (κ2) is 8.14. The zero-order valence-corrected chi connectivity index (χ0v) is 20.1. The zero-order valence-electron chi connectivity index (χ0n) is 20.1. The summed E-state index contributed by atoms with van der Waals surface area (Å²) >= 11 is 0. The summed E-state index contributed by atoms with van der Waals surface area (Å²) in [7, 11) is 0. The Bertz CT molecular complexity index is 1460. The molecular formula is C26H27N7O3. The minimum Gasteiger partial charge on any atom is -0.378 e. The van der Waals surface area contributed by atoms with E-state index in [0.717, 1.165) is 43.1 Å². The summed E-state index contributed by atoms with van der Waals surface area (Å²) in [6.45, 7) is 6.78. The third-order valence-electron chi connectivity index (χ3n) is 7.45. The van der Waals surface area contributed by atoms with E-state index in [1.165, 1.54) is 5.56 Å². The van der Waals surface area contributed by atoms with Crippen molar-refractivity contribution in [3.63, 3.8) is 0 Å². The molecule has 0 unspecified atom stereocenters. The monoisotopic (exact) mass is 485 g/mol. The molecule has 3 aliphatic rings. The quantitative estimate of drug-likeness (QED) is 0.438. The Balaban J connectivity index is 1.29. The van der Waals surface area contributed by atoms with Gasteiger partial charge < -0.3 is 19.3 Å². The van der Waals surface area contributed by atoms with Crippen LogP contribution in [0.1, 0.15) is 22.5 Å². The lowest BCUT2D eigenvalue weighted by molar-refractivity contribution is -0.172. The van der Waals surface area contributed by atoms with Gasteiger partial charge in [-0.3, -0.25) is 4.79 Å². The highest BCUT2D eigenvalue weighted by Crippen LogP contribution is 2.38. The number of fused-ring (bicyclic) bond motifs is 1. The second-order valence-corrected chi connectivity index (χ2v) is 9.81. The molecular weight excluding hydrogens is 458 g/mol. The Morgan fingerprint density at radius 2 is 1.86 bits per heavy atom. The van der Waals surface area contributed by atoms with Crippen LogP contribution in [0.3, 0.4) is 0 Å². The minimum atomic E-state index is -0.139. The molecule has 1 aromatic carbocycles. The molecule has 3 aromatic heterocycles. The van der Waals surface area contributed by atoms with E-state index in [-0.39, 0.29) is 11.4 Å². The van der Waals surface area contributed by atoms with Crippen molar-refractivity contribution in [1.82, 2.24) is 29.3 Å². The summed E-state index contributed by atoms with van der Waals surface area (Å²) in [5, 5.41) is 9.53. The van der Waals surface area contributed by atoms with Crippen LogP contribution in [0, 0.1) is 6.92 Å². The number of hydrogen-bond donors (Lipinski definition) is 0. The lowest BCUT2D eigenvalue weighted by Gasteiger charge is -2.57. The van der Waals surface area contributed by atoms with Gasteiger partial charge in [-0.15, -0.1) is 0 Å². The van der Waals surface area contributed by atoms with E-state index in [4.69, 9.17) is 24.7 Å². The fourth-order valence-corrected chi connectivity index (χ4v) is 5.23. The third-order valence-corrected chi connectivity index (χ3v) is 7.45. The van der Waals surface area contributed by atoms with Crippen LogP contribution in [0.25, 0.3) is 22.7 Å². The average Bonchev–Trinajstić information content (AvgIpc) is 3.50. The average molecular weight is 486 g/mol. The van der Waals surface area contributed by atoms with Gasteiger partial charge in [0.1, 0.15) is 5.82 Å². The zero-order chi connectivity index (χ0) is 24.3. The summed E-state index contributed by atoms with van der Waals surface area (Å²) in [6.07, 6.45) is 2.90. The fourth-order valence-electron chi connectivity index (χ4n) is 5.23. The lowest BCUT2D eigenvalue weighted by Crippen LogP contribution is -2.72. The first-order valence-corrected chi connectivity index (χ1v) is 12.4. The van der Waals surface area contributed by atoms with Crippen LogP contribution in [-0.4, -0.2) is 86.8 Å². The summed E-state index contributed by atoms with van der Waals surface area (Å²) in [5.74, 6) is 1.48. The van der Waals surface area contributed by atoms with Gasteiger partial charge in [-0.25, -0.2) is 9.67 Å². The highest BCUT2D eigenvalue weighted by Gasteiger charge is 2.53. The van der Waals surface area contributed by atoms with Gasteiger partial charge in [-0.2, -0.15) is 14.7 Å². The number of benzene rings is 1. The first-order chi connectivity index (χ1) is 17.6. The van der Waals surface area contributed by atoms with Crippen LogP contribution in [0.2, 0.25) is 0 Å². The maximum absolute atomic E-state index is 13.4. The minimum absolute atomic E-state index is 0.0645. The van der Waals surface area contributed by atoms with Gasteiger partial charge in [0, 0.05) is 43.5 Å². The number of likely N-dealkylation sites (tertiary alicyclic amines) is 1. The van der Waals surface area contributed by atoms with Crippen molar-refractivity contribution in [2.24, 2.45) is 0 Å². The van der Waals surface area contributed by atoms with Gasteiger partial charge in [0.15, 0.2) is 17.2 Å². The summed E-state index contributed by atoms with van der Waals surface area (Å²) in [4.78, 5) is 22.3. The topological polar surface area (TPSA) is 90.0 Å². The van der Waals surface area contributed by atoms with Crippen molar-refractivity contribution < 1.29 is 14.3 Å². The molecule has 1 amide bonds. The van der Waals surface area contributed by atoms with E-state index in [1.807, 2.05) is 29.3 Å². The van der Waals surface area contributed by atoms with Crippen molar-refractivity contribution in [1.29, 1.82) is 0 Å². The molecule has 0 atom stereocenters. The number of aryl methyl sites for hydroxylation is 1. The Morgan fingerprint density at radius 3 is 2.58 bits per heavy atom. The number of carbonyl (C=O) groups excluding carboxylic acids is 1. The molecule has 6 heterocycles. The Hall–Kier alpha value is -3.76. The normalized spacial score (nSPS) is 18.9. The van der Waals surface area contributed by atoms with Crippen molar-refractivity contribution in [3.8, 4) is 17.1 Å². The Morgan fingerprint density at radius 1 is 1.00 bits per heavy atom. The molecule has 10 nitrogen and oxygen atoms in total.